The van der Waals surface area contributed by atoms with Crippen molar-refractivity contribution in [2.75, 3.05) is 0 Å². The third-order valence-electron chi connectivity index (χ3n) is 5.85. The molecule has 1 atom stereocenters. The smallest absolute Gasteiger partial charge is 0.479 e. The number of aromatic nitrogens is 1. The Balaban J connectivity index is 1.83. The van der Waals surface area contributed by atoms with Crippen LogP contribution in [0.3, 0.4) is 0 Å². The number of ether oxygens (including phenoxy) is 2. The van der Waals surface area contributed by atoms with E-state index in [1.54, 1.807) is 47.9 Å². The number of carboxylic acids is 1. The molecule has 0 fully saturated rings. The number of hydrogen-bond acceptors (Lipinski definition) is 4. The number of halogens is 5. The van der Waals surface area contributed by atoms with Crippen LogP contribution in [0.2, 0.25) is 10.0 Å². The number of aliphatic carboxylic acids is 1. The van der Waals surface area contributed by atoms with Crippen molar-refractivity contribution in [3.05, 3.63) is 93.1 Å². The van der Waals surface area contributed by atoms with Crippen molar-refractivity contribution in [3.63, 3.8) is 0 Å². The van der Waals surface area contributed by atoms with Crippen LogP contribution in [0.1, 0.15) is 34.1 Å². The molecule has 6 nitrogen and oxygen atoms in total. The lowest BCUT2D eigenvalue weighted by molar-refractivity contribution is -0.274. The molecular formula is C27H20Cl2F3NO5. The first-order valence-electron chi connectivity index (χ1n) is 11.2. The molecule has 0 saturated carbocycles. The van der Waals surface area contributed by atoms with Crippen molar-refractivity contribution in [2.24, 2.45) is 0 Å². The van der Waals surface area contributed by atoms with E-state index in [-0.39, 0.29) is 23.1 Å². The first-order valence-corrected chi connectivity index (χ1v) is 12.0. The topological polar surface area (TPSA) is 77.8 Å². The zero-order valence-corrected chi connectivity index (χ0v) is 21.5. The molecule has 0 radical (unpaired) electrons. The van der Waals surface area contributed by atoms with Gasteiger partial charge in [0.05, 0.1) is 16.1 Å². The third kappa shape index (κ3) is 5.89. The van der Waals surface area contributed by atoms with Gasteiger partial charge in [-0.3, -0.25) is 4.79 Å². The second kappa shape index (κ2) is 10.6. The first-order chi connectivity index (χ1) is 17.8. The van der Waals surface area contributed by atoms with Crippen LogP contribution < -0.4 is 9.47 Å². The number of carbonyl (C=O) groups is 2. The highest BCUT2D eigenvalue weighted by Gasteiger charge is 2.32. The van der Waals surface area contributed by atoms with Gasteiger partial charge in [-0.1, -0.05) is 29.3 Å². The summed E-state index contributed by atoms with van der Waals surface area (Å²) in [4.78, 5) is 24.7. The van der Waals surface area contributed by atoms with Gasteiger partial charge in [-0.05, 0) is 67.9 Å². The van der Waals surface area contributed by atoms with Crippen LogP contribution in [-0.4, -0.2) is 33.9 Å². The van der Waals surface area contributed by atoms with E-state index in [9.17, 15) is 22.8 Å². The Labute approximate surface area is 225 Å². The average Bonchev–Trinajstić information content (AvgIpc) is 3.10. The van der Waals surface area contributed by atoms with Crippen LogP contribution in [-0.2, 0) is 11.3 Å². The molecule has 198 valence electrons. The lowest BCUT2D eigenvalue weighted by atomic mass is 10.0. The number of rotatable bonds is 8. The fourth-order valence-electron chi connectivity index (χ4n) is 4.05. The molecule has 38 heavy (non-hydrogen) atoms. The summed E-state index contributed by atoms with van der Waals surface area (Å²) in [5.74, 6) is -1.82. The zero-order valence-electron chi connectivity index (χ0n) is 20.0. The number of carbonyl (C=O) groups excluding carboxylic acids is 1. The highest BCUT2D eigenvalue weighted by atomic mass is 35.5. The second-order valence-electron chi connectivity index (χ2n) is 8.47. The maximum absolute atomic E-state index is 13.5. The molecule has 0 unspecified atom stereocenters. The number of hydrogen-bond donors (Lipinski definition) is 1. The van der Waals surface area contributed by atoms with Gasteiger partial charge in [-0.15, -0.1) is 13.2 Å². The van der Waals surface area contributed by atoms with Crippen LogP contribution >= 0.6 is 23.2 Å². The average molecular weight is 566 g/mol. The minimum absolute atomic E-state index is 0.112. The fraction of sp³-hybridized carbons (Fsp3) is 0.185. The number of benzene rings is 3. The Kier molecular flexibility index (Phi) is 7.62. The lowest BCUT2D eigenvalue weighted by Crippen LogP contribution is -2.23. The van der Waals surface area contributed by atoms with E-state index >= 15 is 0 Å². The standard InChI is InChI=1S/C27H20Cl2F3NO5/c1-14-24(25(34)17-4-6-18(28)7-5-17)20-9-8-19(38-27(30,31)32)12-22(20)33(14)13-16-3-10-21(29)23(11-16)37-15(2)26(35)36/h3-12,15H,13H2,1-2H3,(H,35,36)/t15-/m0/s1. The van der Waals surface area contributed by atoms with Crippen LogP contribution in [0, 0.1) is 6.92 Å². The molecule has 3 aromatic carbocycles. The normalized spacial score (nSPS) is 12.4. The molecule has 1 aromatic heterocycles. The Hall–Kier alpha value is -3.69. The van der Waals surface area contributed by atoms with Crippen molar-refractivity contribution in [2.45, 2.75) is 32.9 Å². The summed E-state index contributed by atoms with van der Waals surface area (Å²) in [5, 5.41) is 10.2. The van der Waals surface area contributed by atoms with Gasteiger partial charge in [0, 0.05) is 34.3 Å². The van der Waals surface area contributed by atoms with Crippen molar-refractivity contribution < 1.29 is 37.3 Å². The summed E-state index contributed by atoms with van der Waals surface area (Å²) < 4.78 is 50.0. The van der Waals surface area contributed by atoms with Crippen molar-refractivity contribution in [1.29, 1.82) is 0 Å². The Morgan fingerprint density at radius 2 is 1.71 bits per heavy atom. The third-order valence-corrected chi connectivity index (χ3v) is 6.42. The Bertz CT molecular complexity index is 1530. The van der Waals surface area contributed by atoms with E-state index in [0.717, 1.165) is 6.07 Å². The largest absolute Gasteiger partial charge is 0.573 e. The molecule has 0 saturated heterocycles. The highest BCUT2D eigenvalue weighted by molar-refractivity contribution is 6.32. The van der Waals surface area contributed by atoms with Crippen molar-refractivity contribution >= 4 is 45.9 Å². The summed E-state index contributed by atoms with van der Waals surface area (Å²) >= 11 is 12.1. The van der Waals surface area contributed by atoms with Gasteiger partial charge in [0.25, 0.3) is 0 Å². The first kappa shape index (κ1) is 27.3. The molecule has 0 aliphatic rings. The van der Waals surface area contributed by atoms with E-state index in [0.29, 0.717) is 38.3 Å². The maximum atomic E-state index is 13.5. The Morgan fingerprint density at radius 1 is 1.03 bits per heavy atom. The number of carboxylic acid groups (broad SMARTS) is 1. The van der Waals surface area contributed by atoms with Crippen LogP contribution in [0.4, 0.5) is 13.2 Å². The molecule has 4 aromatic rings. The van der Waals surface area contributed by atoms with Gasteiger partial charge >= 0.3 is 12.3 Å². The van der Waals surface area contributed by atoms with Gasteiger partial charge in [0.15, 0.2) is 11.9 Å². The molecule has 11 heteroatoms. The van der Waals surface area contributed by atoms with Crippen LogP contribution in [0.5, 0.6) is 11.5 Å². The van der Waals surface area contributed by atoms with E-state index in [1.807, 2.05) is 0 Å². The quantitative estimate of drug-likeness (QED) is 0.227. The van der Waals surface area contributed by atoms with E-state index in [1.165, 1.54) is 25.1 Å². The zero-order chi connectivity index (χ0) is 27.8. The minimum Gasteiger partial charge on any atom is -0.479 e. The summed E-state index contributed by atoms with van der Waals surface area (Å²) in [5.41, 5.74) is 2.11. The monoisotopic (exact) mass is 565 g/mol. The number of fused-ring (bicyclic) bond motifs is 1. The summed E-state index contributed by atoms with van der Waals surface area (Å²) in [6.07, 6.45) is -6.06. The van der Waals surface area contributed by atoms with Gasteiger partial charge in [-0.25, -0.2) is 4.79 Å². The van der Waals surface area contributed by atoms with Gasteiger partial charge < -0.3 is 19.1 Å². The number of ketones is 1. The van der Waals surface area contributed by atoms with Gasteiger partial charge in [0.1, 0.15) is 11.5 Å². The molecule has 1 heterocycles. The van der Waals surface area contributed by atoms with E-state index < -0.39 is 24.2 Å². The molecule has 0 bridgehead atoms. The molecule has 0 spiro atoms. The van der Waals surface area contributed by atoms with E-state index in [2.05, 4.69) is 4.74 Å². The van der Waals surface area contributed by atoms with Gasteiger partial charge in [-0.2, -0.15) is 0 Å². The second-order valence-corrected chi connectivity index (χ2v) is 9.32. The van der Waals surface area contributed by atoms with Crippen LogP contribution in [0.15, 0.2) is 60.7 Å². The molecule has 0 amide bonds. The SMILES string of the molecule is Cc1c(C(=O)c2ccc(Cl)cc2)c2ccc(OC(F)(F)F)cc2n1Cc1ccc(Cl)c(O[C@@H](C)C(=O)O)c1. The summed E-state index contributed by atoms with van der Waals surface area (Å²) in [6.45, 7) is 3.15. The maximum Gasteiger partial charge on any atom is 0.573 e. The Morgan fingerprint density at radius 3 is 2.34 bits per heavy atom. The molecule has 0 aliphatic heterocycles. The van der Waals surface area contributed by atoms with Crippen molar-refractivity contribution in [1.82, 2.24) is 4.57 Å². The highest BCUT2D eigenvalue weighted by Crippen LogP contribution is 2.34. The minimum atomic E-state index is -4.90. The number of nitrogens with zero attached hydrogens (tertiary/aromatic N) is 1. The number of alkyl halides is 3. The lowest BCUT2D eigenvalue weighted by Gasteiger charge is -2.15. The molecular weight excluding hydrogens is 546 g/mol. The molecule has 1 N–H and O–H groups in total. The van der Waals surface area contributed by atoms with Crippen LogP contribution in [0.25, 0.3) is 10.9 Å². The summed E-state index contributed by atoms with van der Waals surface area (Å²) in [6, 6.07) is 14.8. The van der Waals surface area contributed by atoms with E-state index in [4.69, 9.17) is 33.0 Å². The molecule has 4 rings (SSSR count). The summed E-state index contributed by atoms with van der Waals surface area (Å²) in [7, 11) is 0. The predicted octanol–water partition coefficient (Wildman–Crippen LogP) is 7.29. The fourth-order valence-corrected chi connectivity index (χ4v) is 4.34. The van der Waals surface area contributed by atoms with Gasteiger partial charge in [0.2, 0.25) is 0 Å². The molecule has 0 aliphatic carbocycles. The predicted molar refractivity (Wildman–Crippen MR) is 137 cm³/mol. The van der Waals surface area contributed by atoms with Crippen molar-refractivity contribution in [3.8, 4) is 11.5 Å².